The Labute approximate surface area is 181 Å². The fourth-order valence-electron chi connectivity index (χ4n) is 2.93. The number of halogens is 3. The van der Waals surface area contributed by atoms with Gasteiger partial charge in [0.25, 0.3) is 5.91 Å². The summed E-state index contributed by atoms with van der Waals surface area (Å²) in [5.74, 6) is 0.530. The number of hydrogen-bond acceptors (Lipinski definition) is 4. The summed E-state index contributed by atoms with van der Waals surface area (Å²) in [6.45, 7) is 1.99. The van der Waals surface area contributed by atoms with Crippen LogP contribution in [0.1, 0.15) is 29.6 Å². The number of aromatic nitrogens is 1. The number of hydrogen-bond donors (Lipinski definition) is 3. The van der Waals surface area contributed by atoms with Crippen LogP contribution in [0, 0.1) is 5.92 Å². The molecule has 1 aliphatic rings. The predicted molar refractivity (Wildman–Crippen MR) is 117 cm³/mol. The molecule has 0 radical (unpaired) electrons. The Morgan fingerprint density at radius 2 is 1.93 bits per heavy atom. The summed E-state index contributed by atoms with van der Waals surface area (Å²) in [4.78, 5) is 28.8. The summed E-state index contributed by atoms with van der Waals surface area (Å²) in [7, 11) is 0. The van der Waals surface area contributed by atoms with Crippen molar-refractivity contribution >= 4 is 59.7 Å². The maximum absolute atomic E-state index is 12.5. The highest BCUT2D eigenvalue weighted by Gasteiger charge is 2.17. The van der Waals surface area contributed by atoms with E-state index in [-0.39, 0.29) is 36.6 Å². The molecule has 2 aromatic rings. The zero-order chi connectivity index (χ0) is 18.4. The lowest BCUT2D eigenvalue weighted by atomic mass is 10.0. The van der Waals surface area contributed by atoms with Gasteiger partial charge >= 0.3 is 0 Å². The molecular formula is C19H23Cl3N4O2. The first-order chi connectivity index (χ1) is 12.6. The molecule has 1 fully saturated rings. The molecule has 152 valence electrons. The summed E-state index contributed by atoms with van der Waals surface area (Å²) < 4.78 is 0. The molecule has 1 aromatic heterocycles. The van der Waals surface area contributed by atoms with Crippen molar-refractivity contribution in [2.45, 2.75) is 19.3 Å². The van der Waals surface area contributed by atoms with Gasteiger partial charge in [-0.05, 0) is 56.1 Å². The highest BCUT2D eigenvalue weighted by molar-refractivity contribution is 6.30. The molecule has 0 saturated carbocycles. The van der Waals surface area contributed by atoms with Gasteiger partial charge in [-0.2, -0.15) is 0 Å². The van der Waals surface area contributed by atoms with Gasteiger partial charge in [-0.25, -0.2) is 4.98 Å². The number of benzene rings is 1. The summed E-state index contributed by atoms with van der Waals surface area (Å²) >= 11 is 5.80. The lowest BCUT2D eigenvalue weighted by Gasteiger charge is -2.12. The number of nitrogens with one attached hydrogen (secondary N) is 3. The van der Waals surface area contributed by atoms with Gasteiger partial charge in [0.1, 0.15) is 5.82 Å². The number of amides is 2. The largest absolute Gasteiger partial charge is 0.325 e. The molecule has 2 heterocycles. The fraction of sp³-hybridized carbons (Fsp3) is 0.316. The van der Waals surface area contributed by atoms with Crippen molar-refractivity contribution in [1.29, 1.82) is 0 Å². The molecule has 1 aromatic carbocycles. The molecule has 6 nitrogen and oxygen atoms in total. The Balaban J connectivity index is 0.00000196. The van der Waals surface area contributed by atoms with Crippen LogP contribution in [0.15, 0.2) is 42.6 Å². The minimum absolute atomic E-state index is 0. The van der Waals surface area contributed by atoms with Crippen molar-refractivity contribution in [1.82, 2.24) is 10.3 Å². The molecule has 0 spiro atoms. The van der Waals surface area contributed by atoms with Gasteiger partial charge in [-0.15, -0.1) is 24.8 Å². The smallest absolute Gasteiger partial charge is 0.258 e. The summed E-state index contributed by atoms with van der Waals surface area (Å²) in [5, 5.41) is 9.35. The summed E-state index contributed by atoms with van der Waals surface area (Å²) in [5.41, 5.74) is 0.883. The van der Waals surface area contributed by atoms with Crippen molar-refractivity contribution in [3.05, 3.63) is 53.2 Å². The van der Waals surface area contributed by atoms with Crippen molar-refractivity contribution in [2.24, 2.45) is 5.92 Å². The van der Waals surface area contributed by atoms with E-state index in [2.05, 4.69) is 20.9 Å². The van der Waals surface area contributed by atoms with Crippen LogP contribution in [0.4, 0.5) is 11.5 Å². The quantitative estimate of drug-likeness (QED) is 0.623. The second-order valence-corrected chi connectivity index (χ2v) is 6.74. The number of pyridine rings is 1. The minimum atomic E-state index is -0.337. The first-order valence-corrected chi connectivity index (χ1v) is 9.02. The lowest BCUT2D eigenvalue weighted by molar-refractivity contribution is -0.116. The van der Waals surface area contributed by atoms with Crippen molar-refractivity contribution in [3.8, 4) is 0 Å². The monoisotopic (exact) mass is 444 g/mol. The first kappa shape index (κ1) is 24.2. The molecule has 9 heteroatoms. The highest BCUT2D eigenvalue weighted by Crippen LogP contribution is 2.19. The van der Waals surface area contributed by atoms with Crippen LogP contribution in [0.3, 0.4) is 0 Å². The zero-order valence-electron chi connectivity index (χ0n) is 15.1. The molecule has 1 unspecified atom stereocenters. The molecule has 1 aliphatic heterocycles. The van der Waals surface area contributed by atoms with Gasteiger partial charge in [0.15, 0.2) is 0 Å². The van der Waals surface area contributed by atoms with E-state index in [1.54, 1.807) is 36.4 Å². The van der Waals surface area contributed by atoms with E-state index in [4.69, 9.17) is 11.6 Å². The second kappa shape index (κ2) is 11.9. The molecule has 3 rings (SSSR count). The van der Waals surface area contributed by atoms with E-state index in [1.807, 2.05) is 0 Å². The third-order valence-electron chi connectivity index (χ3n) is 4.36. The summed E-state index contributed by atoms with van der Waals surface area (Å²) in [6, 6.07) is 10.2. The molecule has 1 atom stereocenters. The minimum Gasteiger partial charge on any atom is -0.325 e. The van der Waals surface area contributed by atoms with Crippen LogP contribution in [-0.2, 0) is 4.79 Å². The normalized spacial score (nSPS) is 15.1. The molecule has 2 amide bonds. The maximum atomic E-state index is 12.5. The lowest BCUT2D eigenvalue weighted by Crippen LogP contribution is -2.19. The number of carbonyl (C=O) groups excluding carboxylic acids is 2. The van der Waals surface area contributed by atoms with Crippen molar-refractivity contribution in [2.75, 3.05) is 23.7 Å². The SMILES string of the molecule is Cl.Cl.O=C(CCC1CCNC1)Nc1ccccc1C(=O)Nc1ccc(Cl)cn1. The van der Waals surface area contributed by atoms with Crippen molar-refractivity contribution < 1.29 is 9.59 Å². The average Bonchev–Trinajstić information content (AvgIpc) is 3.16. The second-order valence-electron chi connectivity index (χ2n) is 6.31. The Bertz CT molecular complexity index is 781. The van der Waals surface area contributed by atoms with E-state index in [1.165, 1.54) is 6.20 Å². The van der Waals surface area contributed by atoms with Crippen LogP contribution >= 0.6 is 36.4 Å². The Morgan fingerprint density at radius 1 is 1.14 bits per heavy atom. The Kier molecular flexibility index (Phi) is 10.2. The molecule has 0 aliphatic carbocycles. The third kappa shape index (κ3) is 6.95. The Hall–Kier alpha value is -1.86. The summed E-state index contributed by atoms with van der Waals surface area (Å²) in [6.07, 6.45) is 3.87. The number of rotatable bonds is 6. The van der Waals surface area contributed by atoms with E-state index in [9.17, 15) is 9.59 Å². The number of para-hydroxylation sites is 1. The van der Waals surface area contributed by atoms with Crippen LogP contribution in [0.25, 0.3) is 0 Å². The van der Waals surface area contributed by atoms with Gasteiger partial charge in [0.05, 0.1) is 16.3 Å². The number of nitrogens with zero attached hydrogens (tertiary/aromatic N) is 1. The molecule has 28 heavy (non-hydrogen) atoms. The van der Waals surface area contributed by atoms with Crippen LogP contribution in [0.2, 0.25) is 5.02 Å². The van der Waals surface area contributed by atoms with E-state index >= 15 is 0 Å². The van der Waals surface area contributed by atoms with Crippen molar-refractivity contribution in [3.63, 3.8) is 0 Å². The highest BCUT2D eigenvalue weighted by atomic mass is 35.5. The molecular weight excluding hydrogens is 423 g/mol. The van der Waals surface area contributed by atoms with Gasteiger partial charge in [0, 0.05) is 12.6 Å². The topological polar surface area (TPSA) is 83.1 Å². The maximum Gasteiger partial charge on any atom is 0.258 e. The number of anilines is 2. The standard InChI is InChI=1S/C19H21ClN4O2.2ClH/c20-14-6-7-17(22-12-14)24-19(26)15-3-1-2-4-16(15)23-18(25)8-5-13-9-10-21-11-13;;/h1-4,6-7,12-13,21H,5,8-11H2,(H,23,25)(H,22,24,26);2*1H. The molecule has 0 bridgehead atoms. The molecule has 1 saturated heterocycles. The average molecular weight is 446 g/mol. The Morgan fingerprint density at radius 3 is 2.61 bits per heavy atom. The van der Waals surface area contributed by atoms with Gasteiger partial charge in [0.2, 0.25) is 5.91 Å². The van der Waals surface area contributed by atoms with Crippen LogP contribution < -0.4 is 16.0 Å². The van der Waals surface area contributed by atoms with E-state index in [0.29, 0.717) is 34.4 Å². The predicted octanol–water partition coefficient (Wildman–Crippen LogP) is 4.16. The van der Waals surface area contributed by atoms with E-state index < -0.39 is 0 Å². The van der Waals surface area contributed by atoms with E-state index in [0.717, 1.165) is 25.9 Å². The van der Waals surface area contributed by atoms with Gasteiger partial charge in [-0.1, -0.05) is 23.7 Å². The van der Waals surface area contributed by atoms with Gasteiger partial charge < -0.3 is 16.0 Å². The number of carbonyl (C=O) groups is 2. The first-order valence-electron chi connectivity index (χ1n) is 8.64. The van der Waals surface area contributed by atoms with Gasteiger partial charge in [-0.3, -0.25) is 9.59 Å². The fourth-order valence-corrected chi connectivity index (χ4v) is 3.04. The third-order valence-corrected chi connectivity index (χ3v) is 4.58. The zero-order valence-corrected chi connectivity index (χ0v) is 17.5. The van der Waals surface area contributed by atoms with Crippen LogP contribution in [0.5, 0.6) is 0 Å². The molecule has 3 N–H and O–H groups in total. The van der Waals surface area contributed by atoms with Crippen LogP contribution in [-0.4, -0.2) is 29.9 Å².